The van der Waals surface area contributed by atoms with Crippen LogP contribution in [-0.4, -0.2) is 11.8 Å². The largest absolute Gasteiger partial charge is 0.274 e. The second-order valence-corrected chi connectivity index (χ2v) is 6.14. The van der Waals surface area contributed by atoms with Crippen molar-refractivity contribution in [2.24, 2.45) is 23.7 Å². The van der Waals surface area contributed by atoms with E-state index in [1.54, 1.807) is 0 Å². The Balaban J connectivity index is 1.80. The van der Waals surface area contributed by atoms with Gasteiger partial charge in [0.15, 0.2) is 0 Å². The number of rotatable bonds is 1. The van der Waals surface area contributed by atoms with Gasteiger partial charge in [0.25, 0.3) is 0 Å². The molecule has 1 saturated carbocycles. The van der Waals surface area contributed by atoms with Crippen LogP contribution in [-0.2, 0) is 9.59 Å². The van der Waals surface area contributed by atoms with Crippen LogP contribution < -0.4 is 4.90 Å². The van der Waals surface area contributed by atoms with Crippen molar-refractivity contribution in [1.82, 2.24) is 0 Å². The van der Waals surface area contributed by atoms with Crippen molar-refractivity contribution in [3.05, 3.63) is 42.0 Å². The lowest BCUT2D eigenvalue weighted by Crippen LogP contribution is -2.38. The molecule has 1 saturated heterocycles. The van der Waals surface area contributed by atoms with Gasteiger partial charge in [-0.3, -0.25) is 9.59 Å². The van der Waals surface area contributed by atoms with E-state index in [-0.39, 0.29) is 35.5 Å². The summed E-state index contributed by atoms with van der Waals surface area (Å²) in [5.41, 5.74) is 1.74. The van der Waals surface area contributed by atoms with Crippen LogP contribution in [0.3, 0.4) is 0 Å². The summed E-state index contributed by atoms with van der Waals surface area (Å²) >= 11 is 0. The first-order valence-corrected chi connectivity index (χ1v) is 7.30. The lowest BCUT2D eigenvalue weighted by atomic mass is 9.63. The van der Waals surface area contributed by atoms with Gasteiger partial charge in [-0.1, -0.05) is 30.4 Å². The Kier molecular flexibility index (Phi) is 2.40. The number of allylic oxidation sites excluding steroid dienone is 2. The highest BCUT2D eigenvalue weighted by Gasteiger charge is 2.56. The number of carbonyl (C=O) groups is 2. The first kappa shape index (κ1) is 11.9. The van der Waals surface area contributed by atoms with Gasteiger partial charge < -0.3 is 0 Å². The van der Waals surface area contributed by atoms with E-state index in [1.807, 2.05) is 31.2 Å². The third-order valence-electron chi connectivity index (χ3n) is 5.12. The van der Waals surface area contributed by atoms with Gasteiger partial charge in [-0.2, -0.15) is 0 Å². The zero-order valence-corrected chi connectivity index (χ0v) is 11.5. The molecular weight excluding hydrogens is 250 g/mol. The molecule has 4 atom stereocenters. The Hall–Kier alpha value is -1.90. The van der Waals surface area contributed by atoms with Crippen LogP contribution in [0.1, 0.15) is 18.4 Å². The Morgan fingerprint density at radius 1 is 0.950 bits per heavy atom. The van der Waals surface area contributed by atoms with Crippen LogP contribution in [0, 0.1) is 30.6 Å². The second kappa shape index (κ2) is 4.05. The quantitative estimate of drug-likeness (QED) is 0.579. The van der Waals surface area contributed by atoms with Crippen LogP contribution in [0.4, 0.5) is 5.69 Å². The average molecular weight is 267 g/mol. The molecule has 3 aliphatic carbocycles. The lowest BCUT2D eigenvalue weighted by Gasteiger charge is -2.38. The summed E-state index contributed by atoms with van der Waals surface area (Å²) in [6.45, 7) is 1.95. The third-order valence-corrected chi connectivity index (χ3v) is 5.12. The van der Waals surface area contributed by atoms with Gasteiger partial charge in [0.05, 0.1) is 17.5 Å². The number of amides is 2. The molecule has 102 valence electrons. The highest BCUT2D eigenvalue weighted by molar-refractivity contribution is 6.22. The van der Waals surface area contributed by atoms with Gasteiger partial charge in [0, 0.05) is 0 Å². The van der Waals surface area contributed by atoms with Gasteiger partial charge in [0.2, 0.25) is 11.8 Å². The minimum atomic E-state index is -0.120. The summed E-state index contributed by atoms with van der Waals surface area (Å²) in [5, 5.41) is 0. The highest BCUT2D eigenvalue weighted by Crippen LogP contribution is 2.50. The number of fused-ring (bicyclic) bond motifs is 1. The van der Waals surface area contributed by atoms with E-state index >= 15 is 0 Å². The molecule has 0 N–H and O–H groups in total. The van der Waals surface area contributed by atoms with E-state index < -0.39 is 0 Å². The molecule has 1 heterocycles. The van der Waals surface area contributed by atoms with Crippen LogP contribution in [0.5, 0.6) is 0 Å². The number of nitrogens with zero attached hydrogens (tertiary/aromatic N) is 1. The summed E-state index contributed by atoms with van der Waals surface area (Å²) < 4.78 is 0. The highest BCUT2D eigenvalue weighted by atomic mass is 16.2. The van der Waals surface area contributed by atoms with Crippen molar-refractivity contribution in [3.8, 4) is 0 Å². The molecule has 2 bridgehead atoms. The van der Waals surface area contributed by atoms with Gasteiger partial charge in [-0.05, 0) is 43.2 Å². The topological polar surface area (TPSA) is 37.4 Å². The molecule has 3 heteroatoms. The van der Waals surface area contributed by atoms with E-state index in [1.165, 1.54) is 4.90 Å². The number of imide groups is 1. The maximum absolute atomic E-state index is 12.8. The molecule has 0 radical (unpaired) electrons. The van der Waals surface area contributed by atoms with Crippen LogP contribution in [0.2, 0.25) is 0 Å². The monoisotopic (exact) mass is 267 g/mol. The third kappa shape index (κ3) is 1.41. The number of hydrogen-bond acceptors (Lipinski definition) is 2. The summed E-state index contributed by atoms with van der Waals surface area (Å²) in [6.07, 6.45) is 6.40. The summed E-state index contributed by atoms with van der Waals surface area (Å²) in [7, 11) is 0. The first-order chi connectivity index (χ1) is 9.68. The maximum atomic E-state index is 12.8. The fraction of sp³-hybridized carbons (Fsp3) is 0.412. The lowest BCUT2D eigenvalue weighted by molar-refractivity contribution is -0.124. The van der Waals surface area contributed by atoms with E-state index in [0.717, 1.165) is 24.1 Å². The van der Waals surface area contributed by atoms with Gasteiger partial charge in [-0.25, -0.2) is 4.90 Å². The zero-order valence-electron chi connectivity index (χ0n) is 11.5. The first-order valence-electron chi connectivity index (χ1n) is 7.30. The van der Waals surface area contributed by atoms with E-state index in [2.05, 4.69) is 12.2 Å². The number of aryl methyl sites for hydroxylation is 1. The van der Waals surface area contributed by atoms with Crippen molar-refractivity contribution in [2.45, 2.75) is 19.8 Å². The Labute approximate surface area is 118 Å². The molecule has 1 aromatic rings. The van der Waals surface area contributed by atoms with Gasteiger partial charge in [0.1, 0.15) is 0 Å². The predicted molar refractivity (Wildman–Crippen MR) is 76.0 cm³/mol. The van der Waals surface area contributed by atoms with Gasteiger partial charge in [-0.15, -0.1) is 0 Å². The van der Waals surface area contributed by atoms with Crippen molar-refractivity contribution in [1.29, 1.82) is 0 Å². The number of hydrogen-bond donors (Lipinski definition) is 0. The Morgan fingerprint density at radius 2 is 1.50 bits per heavy atom. The standard InChI is InChI=1S/C17H17NO2/c1-10-4-2-3-5-13(10)18-16(19)14-11-6-7-12(9-8-11)15(14)17(18)20/h2-7,11-12,14-15H,8-9H2,1H3. The summed E-state index contributed by atoms with van der Waals surface area (Å²) in [5.74, 6) is 0.296. The summed E-state index contributed by atoms with van der Waals surface area (Å²) in [6, 6.07) is 7.64. The van der Waals surface area contributed by atoms with E-state index in [9.17, 15) is 9.59 Å². The molecule has 3 nitrogen and oxygen atoms in total. The fourth-order valence-electron chi connectivity index (χ4n) is 4.13. The van der Waals surface area contributed by atoms with Crippen LogP contribution >= 0.6 is 0 Å². The Morgan fingerprint density at radius 3 is 2.00 bits per heavy atom. The SMILES string of the molecule is Cc1ccccc1N1C(=O)C2C3C=CC(CC3)C2C1=O. The molecule has 4 aliphatic rings. The van der Waals surface area contributed by atoms with E-state index in [0.29, 0.717) is 0 Å². The molecule has 1 aliphatic heterocycles. The molecule has 1 aromatic carbocycles. The second-order valence-electron chi connectivity index (χ2n) is 6.14. The zero-order chi connectivity index (χ0) is 13.9. The minimum Gasteiger partial charge on any atom is -0.274 e. The Bertz CT molecular complexity index is 602. The number of para-hydroxylation sites is 1. The molecule has 20 heavy (non-hydrogen) atoms. The molecule has 0 spiro atoms. The van der Waals surface area contributed by atoms with Crippen molar-refractivity contribution < 1.29 is 9.59 Å². The average Bonchev–Trinajstić information content (AvgIpc) is 2.75. The minimum absolute atomic E-state index is 0.00773. The number of carbonyl (C=O) groups excluding carboxylic acids is 2. The van der Waals surface area contributed by atoms with Crippen molar-refractivity contribution in [3.63, 3.8) is 0 Å². The predicted octanol–water partition coefficient (Wildman–Crippen LogP) is 2.70. The van der Waals surface area contributed by atoms with Gasteiger partial charge >= 0.3 is 0 Å². The van der Waals surface area contributed by atoms with Crippen LogP contribution in [0.25, 0.3) is 0 Å². The normalized spacial score (nSPS) is 34.8. The smallest absolute Gasteiger partial charge is 0.238 e. The number of anilines is 1. The molecular formula is C17H17NO2. The van der Waals surface area contributed by atoms with Crippen molar-refractivity contribution in [2.75, 3.05) is 4.90 Å². The molecule has 0 aromatic heterocycles. The molecule has 2 fully saturated rings. The maximum Gasteiger partial charge on any atom is 0.238 e. The van der Waals surface area contributed by atoms with Crippen molar-refractivity contribution >= 4 is 17.5 Å². The summed E-state index contributed by atoms with van der Waals surface area (Å²) in [4.78, 5) is 27.0. The van der Waals surface area contributed by atoms with Crippen LogP contribution in [0.15, 0.2) is 36.4 Å². The van der Waals surface area contributed by atoms with E-state index in [4.69, 9.17) is 0 Å². The molecule has 2 amide bonds. The number of benzene rings is 1. The molecule has 4 unspecified atom stereocenters. The molecule has 5 rings (SSSR count). The fourth-order valence-corrected chi connectivity index (χ4v) is 4.13.